The summed E-state index contributed by atoms with van der Waals surface area (Å²) in [6.45, 7) is 2.37. The van der Waals surface area contributed by atoms with Crippen LogP contribution in [0.25, 0.3) is 16.8 Å². The van der Waals surface area contributed by atoms with Crippen LogP contribution in [0.2, 0.25) is 5.02 Å². The van der Waals surface area contributed by atoms with Crippen molar-refractivity contribution in [2.75, 3.05) is 36.5 Å². The summed E-state index contributed by atoms with van der Waals surface area (Å²) in [5.74, 6) is -0.882. The van der Waals surface area contributed by atoms with Crippen LogP contribution in [0.4, 0.5) is 24.7 Å². The Kier molecular flexibility index (Phi) is 6.37. The van der Waals surface area contributed by atoms with Crippen LogP contribution >= 0.6 is 11.6 Å². The van der Waals surface area contributed by atoms with Gasteiger partial charge in [-0.05, 0) is 29.8 Å². The van der Waals surface area contributed by atoms with E-state index in [4.69, 9.17) is 16.3 Å². The van der Waals surface area contributed by atoms with Gasteiger partial charge in [-0.3, -0.25) is 4.79 Å². The van der Waals surface area contributed by atoms with E-state index < -0.39 is 18.0 Å². The molecule has 1 aliphatic heterocycles. The normalized spacial score (nSPS) is 14.2. The van der Waals surface area contributed by atoms with Crippen molar-refractivity contribution in [1.29, 1.82) is 0 Å². The highest BCUT2D eigenvalue weighted by Gasteiger charge is 2.32. The number of fused-ring (bicyclic) bond motifs is 1. The van der Waals surface area contributed by atoms with Crippen LogP contribution < -0.4 is 15.0 Å². The number of morpholine rings is 1. The number of ether oxygens (including phenoxy) is 2. The third-order valence-electron chi connectivity index (χ3n) is 5.42. The van der Waals surface area contributed by atoms with Gasteiger partial charge in [0.2, 0.25) is 0 Å². The van der Waals surface area contributed by atoms with Crippen molar-refractivity contribution < 1.29 is 27.4 Å². The van der Waals surface area contributed by atoms with Crippen molar-refractivity contribution in [3.8, 4) is 16.9 Å². The lowest BCUT2D eigenvalue weighted by atomic mass is 10.1. The van der Waals surface area contributed by atoms with Crippen LogP contribution in [-0.4, -0.2) is 58.2 Å². The highest BCUT2D eigenvalue weighted by Crippen LogP contribution is 2.37. The van der Waals surface area contributed by atoms with Gasteiger partial charge in [0.15, 0.2) is 11.3 Å². The lowest BCUT2D eigenvalue weighted by Crippen LogP contribution is -2.36. The summed E-state index contributed by atoms with van der Waals surface area (Å²) in [6, 6.07) is 8.85. The maximum Gasteiger partial charge on any atom is 0.573 e. The third kappa shape index (κ3) is 5.19. The number of alkyl halides is 3. The fourth-order valence-electron chi connectivity index (χ4n) is 3.76. The number of anilines is 2. The lowest BCUT2D eigenvalue weighted by molar-refractivity contribution is -0.274. The Labute approximate surface area is 207 Å². The molecule has 0 aliphatic carbocycles. The number of rotatable bonds is 5. The number of hydrogen-bond acceptors (Lipinski definition) is 7. The standard InChI is InChI=1S/C23H18ClF3N6O3/c24-17-10-14(2-3-19(17)36-23(25,26)27)16-11-15(32-6-8-35-9-7-32)13-29-21(16)30-22(34)18-12-20-28-4-1-5-33(20)31-18/h1-5,10-13H,6-9H2,(H,29,30,34). The van der Waals surface area contributed by atoms with Crippen molar-refractivity contribution in [2.45, 2.75) is 6.36 Å². The molecule has 0 atom stereocenters. The van der Waals surface area contributed by atoms with E-state index in [1.54, 1.807) is 30.7 Å². The van der Waals surface area contributed by atoms with E-state index in [9.17, 15) is 18.0 Å². The summed E-state index contributed by atoms with van der Waals surface area (Å²) in [6.07, 6.45) is -0.0332. The van der Waals surface area contributed by atoms with Crippen LogP contribution in [-0.2, 0) is 4.74 Å². The van der Waals surface area contributed by atoms with E-state index in [1.807, 2.05) is 0 Å². The zero-order valence-electron chi connectivity index (χ0n) is 18.5. The molecule has 9 nitrogen and oxygen atoms in total. The first kappa shape index (κ1) is 23.8. The second kappa shape index (κ2) is 9.63. The Hall–Kier alpha value is -3.90. The fourth-order valence-corrected chi connectivity index (χ4v) is 3.98. The maximum atomic E-state index is 13.0. The minimum Gasteiger partial charge on any atom is -0.404 e. The molecule has 0 unspecified atom stereocenters. The number of carbonyl (C=O) groups is 1. The van der Waals surface area contributed by atoms with E-state index >= 15 is 0 Å². The molecule has 186 valence electrons. The Morgan fingerprint density at radius 2 is 1.94 bits per heavy atom. The van der Waals surface area contributed by atoms with Gasteiger partial charge in [0.25, 0.3) is 5.91 Å². The van der Waals surface area contributed by atoms with E-state index in [0.29, 0.717) is 43.1 Å². The molecule has 1 saturated heterocycles. The van der Waals surface area contributed by atoms with Crippen molar-refractivity contribution in [3.63, 3.8) is 0 Å². The number of aromatic nitrogens is 4. The molecular formula is C23H18ClF3N6O3. The minimum absolute atomic E-state index is 0.116. The maximum absolute atomic E-state index is 13.0. The van der Waals surface area contributed by atoms with Crippen molar-refractivity contribution in [1.82, 2.24) is 19.6 Å². The fraction of sp³-hybridized carbons (Fsp3) is 0.217. The van der Waals surface area contributed by atoms with E-state index in [-0.39, 0.29) is 16.5 Å². The number of nitrogens with zero attached hydrogens (tertiary/aromatic N) is 5. The van der Waals surface area contributed by atoms with Gasteiger partial charge in [-0.1, -0.05) is 17.7 Å². The molecule has 0 saturated carbocycles. The predicted octanol–water partition coefficient (Wildman–Crippen LogP) is 4.43. The molecule has 1 N–H and O–H groups in total. The van der Waals surface area contributed by atoms with Gasteiger partial charge < -0.3 is 19.7 Å². The number of benzene rings is 1. The van der Waals surface area contributed by atoms with Gasteiger partial charge in [0.05, 0.1) is 30.1 Å². The molecule has 13 heteroatoms. The number of carbonyl (C=O) groups excluding carboxylic acids is 1. The van der Waals surface area contributed by atoms with Crippen LogP contribution in [0.1, 0.15) is 10.5 Å². The van der Waals surface area contributed by atoms with E-state index in [1.165, 1.54) is 22.7 Å². The smallest absolute Gasteiger partial charge is 0.404 e. The molecule has 1 fully saturated rings. The summed E-state index contributed by atoms with van der Waals surface area (Å²) in [5.41, 5.74) is 2.25. The second-order valence-corrected chi connectivity index (χ2v) is 8.20. The third-order valence-corrected chi connectivity index (χ3v) is 5.71. The van der Waals surface area contributed by atoms with Crippen LogP contribution in [0.3, 0.4) is 0 Å². The molecule has 4 heterocycles. The summed E-state index contributed by atoms with van der Waals surface area (Å²) >= 11 is 6.09. The molecule has 0 spiro atoms. The van der Waals surface area contributed by atoms with Crippen molar-refractivity contribution >= 4 is 34.7 Å². The average Bonchev–Trinajstić information content (AvgIpc) is 3.30. The minimum atomic E-state index is -4.88. The molecule has 4 aromatic rings. The largest absolute Gasteiger partial charge is 0.573 e. The zero-order chi connectivity index (χ0) is 25.3. The van der Waals surface area contributed by atoms with Crippen LogP contribution in [0.15, 0.2) is 55.0 Å². The first-order valence-corrected chi connectivity index (χ1v) is 11.1. The van der Waals surface area contributed by atoms with Crippen molar-refractivity contribution in [3.05, 3.63) is 65.7 Å². The van der Waals surface area contributed by atoms with Gasteiger partial charge in [-0.25, -0.2) is 14.5 Å². The lowest BCUT2D eigenvalue weighted by Gasteiger charge is -2.29. The Balaban J connectivity index is 1.51. The Bertz CT molecular complexity index is 1390. The Morgan fingerprint density at radius 1 is 1.14 bits per heavy atom. The number of nitrogens with one attached hydrogen (secondary N) is 1. The molecule has 3 aromatic heterocycles. The topological polar surface area (TPSA) is 93.9 Å². The zero-order valence-corrected chi connectivity index (χ0v) is 19.3. The predicted molar refractivity (Wildman–Crippen MR) is 125 cm³/mol. The monoisotopic (exact) mass is 518 g/mol. The number of pyridine rings is 1. The van der Waals surface area contributed by atoms with Crippen LogP contribution in [0.5, 0.6) is 5.75 Å². The molecule has 1 aromatic carbocycles. The summed E-state index contributed by atoms with van der Waals surface area (Å²) in [5, 5.41) is 6.70. The SMILES string of the molecule is O=C(Nc1ncc(N2CCOCC2)cc1-c1ccc(OC(F)(F)F)c(Cl)c1)c1cc2ncccn2n1. The van der Waals surface area contributed by atoms with Gasteiger partial charge in [0.1, 0.15) is 11.6 Å². The molecule has 5 rings (SSSR count). The second-order valence-electron chi connectivity index (χ2n) is 7.79. The van der Waals surface area contributed by atoms with E-state index in [2.05, 4.69) is 30.0 Å². The highest BCUT2D eigenvalue weighted by molar-refractivity contribution is 6.32. The number of hydrogen-bond donors (Lipinski definition) is 1. The van der Waals surface area contributed by atoms with Crippen LogP contribution in [0, 0.1) is 0 Å². The van der Waals surface area contributed by atoms with Crippen molar-refractivity contribution in [2.24, 2.45) is 0 Å². The first-order chi connectivity index (χ1) is 17.3. The molecule has 0 bridgehead atoms. The molecule has 1 aliphatic rings. The molecule has 36 heavy (non-hydrogen) atoms. The Morgan fingerprint density at radius 3 is 2.67 bits per heavy atom. The summed E-state index contributed by atoms with van der Waals surface area (Å²) in [4.78, 5) is 23.6. The number of halogens is 4. The summed E-state index contributed by atoms with van der Waals surface area (Å²) in [7, 11) is 0. The van der Waals surface area contributed by atoms with Gasteiger partial charge in [-0.2, -0.15) is 5.10 Å². The quantitative estimate of drug-likeness (QED) is 0.417. The molecule has 0 radical (unpaired) electrons. The molecular weight excluding hydrogens is 501 g/mol. The highest BCUT2D eigenvalue weighted by atomic mass is 35.5. The summed E-state index contributed by atoms with van der Waals surface area (Å²) < 4.78 is 48.9. The first-order valence-electron chi connectivity index (χ1n) is 10.8. The molecule has 1 amide bonds. The number of amides is 1. The van der Waals surface area contributed by atoms with Gasteiger partial charge in [-0.15, -0.1) is 13.2 Å². The van der Waals surface area contributed by atoms with E-state index in [0.717, 1.165) is 11.8 Å². The van der Waals surface area contributed by atoms with Gasteiger partial charge in [0, 0.05) is 37.1 Å². The average molecular weight is 519 g/mol. The van der Waals surface area contributed by atoms with Gasteiger partial charge >= 0.3 is 6.36 Å².